The van der Waals surface area contributed by atoms with Gasteiger partial charge < -0.3 is 4.90 Å². The van der Waals surface area contributed by atoms with Gasteiger partial charge in [0.15, 0.2) is 0 Å². The first-order valence-corrected chi connectivity index (χ1v) is 3.02. The van der Waals surface area contributed by atoms with E-state index in [1.165, 1.54) is 19.2 Å². The summed E-state index contributed by atoms with van der Waals surface area (Å²) in [7, 11) is 1.92. The van der Waals surface area contributed by atoms with Gasteiger partial charge in [-0.1, -0.05) is 13.3 Å². The van der Waals surface area contributed by atoms with Crippen LogP contribution in [0.4, 0.5) is 0 Å². The second kappa shape index (κ2) is 4.62. The maximum Gasteiger partial charge on any atom is 0.0814 e. The average Bonchev–Trinajstić information content (AvgIpc) is 1.83. The SMILES string of the molecule is CCCCN(C)C=N. The topological polar surface area (TPSA) is 27.1 Å². The number of unbranched alkanes of at least 4 members (excludes halogenated alkanes) is 1. The monoisotopic (exact) mass is 114 g/mol. The van der Waals surface area contributed by atoms with E-state index in [2.05, 4.69) is 6.92 Å². The molecule has 0 rings (SSSR count). The van der Waals surface area contributed by atoms with Crippen molar-refractivity contribution in [1.29, 1.82) is 5.41 Å². The molecule has 0 heterocycles. The van der Waals surface area contributed by atoms with Gasteiger partial charge in [0.1, 0.15) is 0 Å². The third kappa shape index (κ3) is 3.65. The second-order valence-corrected chi connectivity index (χ2v) is 1.96. The molecule has 0 fully saturated rings. The molecule has 8 heavy (non-hydrogen) atoms. The molecule has 0 saturated heterocycles. The van der Waals surface area contributed by atoms with Gasteiger partial charge >= 0.3 is 0 Å². The molecule has 0 atom stereocenters. The lowest BCUT2D eigenvalue weighted by Crippen LogP contribution is -2.16. The summed E-state index contributed by atoms with van der Waals surface area (Å²) >= 11 is 0. The van der Waals surface area contributed by atoms with Gasteiger partial charge in [-0.2, -0.15) is 0 Å². The van der Waals surface area contributed by atoms with Gasteiger partial charge in [0, 0.05) is 13.6 Å². The Morgan fingerprint density at radius 2 is 2.25 bits per heavy atom. The van der Waals surface area contributed by atoms with Gasteiger partial charge in [-0.25, -0.2) is 0 Å². The molecular weight excluding hydrogens is 100 g/mol. The van der Waals surface area contributed by atoms with Gasteiger partial charge in [-0.3, -0.25) is 5.41 Å². The summed E-state index contributed by atoms with van der Waals surface area (Å²) in [5, 5.41) is 6.79. The first-order chi connectivity index (χ1) is 3.81. The fourth-order valence-corrected chi connectivity index (χ4v) is 0.472. The molecule has 2 nitrogen and oxygen atoms in total. The lowest BCUT2D eigenvalue weighted by atomic mass is 10.3. The highest BCUT2D eigenvalue weighted by molar-refractivity contribution is 5.49. The zero-order chi connectivity index (χ0) is 6.41. The Balaban J connectivity index is 2.98. The molecule has 0 amide bonds. The number of nitrogens with zero attached hydrogens (tertiary/aromatic N) is 1. The summed E-state index contributed by atoms with van der Waals surface area (Å²) in [5.41, 5.74) is 0. The molecule has 0 aliphatic carbocycles. The van der Waals surface area contributed by atoms with Crippen molar-refractivity contribution in [2.45, 2.75) is 19.8 Å². The lowest BCUT2D eigenvalue weighted by molar-refractivity contribution is 0.495. The smallest absolute Gasteiger partial charge is 0.0814 e. The molecule has 1 N–H and O–H groups in total. The van der Waals surface area contributed by atoms with Crippen LogP contribution >= 0.6 is 0 Å². The van der Waals surface area contributed by atoms with Gasteiger partial charge in [0.05, 0.1) is 6.34 Å². The Morgan fingerprint density at radius 3 is 2.62 bits per heavy atom. The molecule has 0 spiro atoms. The Labute approximate surface area is 51.0 Å². The second-order valence-electron chi connectivity index (χ2n) is 1.96. The molecule has 2 heteroatoms. The molecule has 0 aromatic heterocycles. The third-order valence-corrected chi connectivity index (χ3v) is 1.08. The van der Waals surface area contributed by atoms with Crippen molar-refractivity contribution in [1.82, 2.24) is 4.90 Å². The van der Waals surface area contributed by atoms with E-state index in [1.807, 2.05) is 11.9 Å². The van der Waals surface area contributed by atoms with E-state index >= 15 is 0 Å². The quantitative estimate of drug-likeness (QED) is 0.433. The zero-order valence-electron chi connectivity index (χ0n) is 5.65. The largest absolute Gasteiger partial charge is 0.366 e. The highest BCUT2D eigenvalue weighted by Crippen LogP contribution is 1.86. The minimum atomic E-state index is 1.01. The zero-order valence-corrected chi connectivity index (χ0v) is 5.65. The molecule has 0 radical (unpaired) electrons. The van der Waals surface area contributed by atoms with E-state index in [1.54, 1.807) is 0 Å². The number of hydrogen-bond acceptors (Lipinski definition) is 1. The molecule has 0 bridgehead atoms. The van der Waals surface area contributed by atoms with Crippen molar-refractivity contribution in [3.05, 3.63) is 0 Å². The van der Waals surface area contributed by atoms with Crippen LogP contribution in [0.5, 0.6) is 0 Å². The summed E-state index contributed by atoms with van der Waals surface area (Å²) in [6.45, 7) is 3.16. The minimum absolute atomic E-state index is 1.01. The van der Waals surface area contributed by atoms with Crippen molar-refractivity contribution in [3.8, 4) is 0 Å². The van der Waals surface area contributed by atoms with Crippen LogP contribution in [0.25, 0.3) is 0 Å². The highest BCUT2D eigenvalue weighted by Gasteiger charge is 1.86. The summed E-state index contributed by atoms with van der Waals surface area (Å²) < 4.78 is 0. The number of hydrogen-bond donors (Lipinski definition) is 1. The van der Waals surface area contributed by atoms with Crippen molar-refractivity contribution in [3.63, 3.8) is 0 Å². The van der Waals surface area contributed by atoms with Gasteiger partial charge in [0.2, 0.25) is 0 Å². The fraction of sp³-hybridized carbons (Fsp3) is 0.833. The van der Waals surface area contributed by atoms with E-state index in [0.29, 0.717) is 0 Å². The van der Waals surface area contributed by atoms with E-state index < -0.39 is 0 Å². The normalized spacial score (nSPS) is 8.75. The standard InChI is InChI=1S/C6H14N2/c1-3-4-5-8(2)6-7/h6-7H,3-5H2,1-2H3. The van der Waals surface area contributed by atoms with Crippen LogP contribution in [0, 0.1) is 5.41 Å². The molecule has 0 aromatic rings. The summed E-state index contributed by atoms with van der Waals surface area (Å²) in [4.78, 5) is 1.88. The maximum absolute atomic E-state index is 6.79. The van der Waals surface area contributed by atoms with Gasteiger partial charge in [-0.15, -0.1) is 0 Å². The Bertz CT molecular complexity index is 61.5. The summed E-state index contributed by atoms with van der Waals surface area (Å²) in [6, 6.07) is 0. The third-order valence-electron chi connectivity index (χ3n) is 1.08. The van der Waals surface area contributed by atoms with Crippen molar-refractivity contribution in [2.75, 3.05) is 13.6 Å². The molecule has 0 aromatic carbocycles. The van der Waals surface area contributed by atoms with Crippen LogP contribution in [0.15, 0.2) is 0 Å². The Kier molecular flexibility index (Phi) is 4.32. The Morgan fingerprint density at radius 1 is 1.62 bits per heavy atom. The predicted molar refractivity (Wildman–Crippen MR) is 36.3 cm³/mol. The van der Waals surface area contributed by atoms with Crippen LogP contribution in [-0.4, -0.2) is 24.8 Å². The number of nitrogens with one attached hydrogen (secondary N) is 1. The van der Waals surface area contributed by atoms with E-state index in [0.717, 1.165) is 6.54 Å². The molecular formula is C6H14N2. The average molecular weight is 114 g/mol. The molecule has 48 valence electrons. The van der Waals surface area contributed by atoms with E-state index in [4.69, 9.17) is 5.41 Å². The number of rotatable bonds is 4. The van der Waals surface area contributed by atoms with Crippen LogP contribution < -0.4 is 0 Å². The first-order valence-electron chi connectivity index (χ1n) is 3.02. The first kappa shape index (κ1) is 7.47. The Hall–Kier alpha value is -0.530. The highest BCUT2D eigenvalue weighted by atomic mass is 15.1. The van der Waals surface area contributed by atoms with Crippen LogP contribution in [0.3, 0.4) is 0 Å². The van der Waals surface area contributed by atoms with E-state index in [9.17, 15) is 0 Å². The van der Waals surface area contributed by atoms with Crippen LogP contribution in [0.1, 0.15) is 19.8 Å². The maximum atomic E-state index is 6.79. The van der Waals surface area contributed by atoms with Crippen molar-refractivity contribution >= 4 is 6.34 Å². The fourth-order valence-electron chi connectivity index (χ4n) is 0.472. The van der Waals surface area contributed by atoms with Crippen LogP contribution in [-0.2, 0) is 0 Å². The summed E-state index contributed by atoms with van der Waals surface area (Å²) in [5.74, 6) is 0. The molecule has 0 unspecified atom stereocenters. The van der Waals surface area contributed by atoms with Gasteiger partial charge in [-0.05, 0) is 6.42 Å². The predicted octanol–water partition coefficient (Wildman–Crippen LogP) is 1.33. The van der Waals surface area contributed by atoms with E-state index in [-0.39, 0.29) is 0 Å². The van der Waals surface area contributed by atoms with Crippen molar-refractivity contribution < 1.29 is 0 Å². The van der Waals surface area contributed by atoms with Crippen molar-refractivity contribution in [2.24, 2.45) is 0 Å². The van der Waals surface area contributed by atoms with Crippen LogP contribution in [0.2, 0.25) is 0 Å². The molecule has 0 aliphatic rings. The minimum Gasteiger partial charge on any atom is -0.366 e. The molecule has 0 saturated carbocycles. The lowest BCUT2D eigenvalue weighted by Gasteiger charge is -2.09. The molecule has 0 aliphatic heterocycles. The summed E-state index contributed by atoms with van der Waals surface area (Å²) in [6.07, 6.45) is 3.75. The van der Waals surface area contributed by atoms with Gasteiger partial charge in [0.25, 0.3) is 0 Å².